The van der Waals surface area contributed by atoms with Gasteiger partial charge in [-0.2, -0.15) is 0 Å². The van der Waals surface area contributed by atoms with E-state index in [1.807, 2.05) is 42.2 Å². The van der Waals surface area contributed by atoms with Gasteiger partial charge in [0.15, 0.2) is 0 Å². The van der Waals surface area contributed by atoms with E-state index in [0.717, 1.165) is 24.3 Å². The lowest BCUT2D eigenvalue weighted by atomic mass is 10.1. The molecule has 6 heteroatoms. The van der Waals surface area contributed by atoms with Crippen LogP contribution < -0.4 is 10.2 Å². The van der Waals surface area contributed by atoms with E-state index in [9.17, 15) is 9.59 Å². The lowest BCUT2D eigenvalue weighted by Gasteiger charge is -2.36. The van der Waals surface area contributed by atoms with Crippen LogP contribution in [0.2, 0.25) is 5.02 Å². The summed E-state index contributed by atoms with van der Waals surface area (Å²) in [6.07, 6.45) is 0. The molecule has 136 valence electrons. The van der Waals surface area contributed by atoms with E-state index in [-0.39, 0.29) is 11.8 Å². The topological polar surface area (TPSA) is 52.7 Å². The predicted octanol–water partition coefficient (Wildman–Crippen LogP) is 3.57. The van der Waals surface area contributed by atoms with Crippen molar-refractivity contribution in [1.82, 2.24) is 4.90 Å². The fourth-order valence-corrected chi connectivity index (χ4v) is 3.39. The average Bonchev–Trinajstić information content (AvgIpc) is 2.62. The van der Waals surface area contributed by atoms with Crippen LogP contribution in [-0.4, -0.2) is 42.9 Å². The van der Waals surface area contributed by atoms with Crippen molar-refractivity contribution in [3.8, 4) is 0 Å². The number of benzene rings is 2. The fourth-order valence-electron chi connectivity index (χ4n) is 3.09. The summed E-state index contributed by atoms with van der Waals surface area (Å²) in [5, 5.41) is 3.47. The number of piperazine rings is 1. The third-order valence-corrected chi connectivity index (χ3v) is 4.85. The minimum absolute atomic E-state index is 0.102. The molecule has 26 heavy (non-hydrogen) atoms. The lowest BCUT2D eigenvalue weighted by Crippen LogP contribution is -2.48. The van der Waals surface area contributed by atoms with Gasteiger partial charge < -0.3 is 15.1 Å². The van der Waals surface area contributed by atoms with Crippen molar-refractivity contribution in [2.75, 3.05) is 36.4 Å². The second-order valence-electron chi connectivity index (χ2n) is 6.48. The van der Waals surface area contributed by atoms with Gasteiger partial charge >= 0.3 is 0 Å². The van der Waals surface area contributed by atoms with Crippen molar-refractivity contribution >= 4 is 34.8 Å². The molecular weight excluding hydrogens is 350 g/mol. The van der Waals surface area contributed by atoms with E-state index in [2.05, 4.69) is 10.2 Å². The Bertz CT molecular complexity index is 830. The molecule has 0 saturated carbocycles. The quantitative estimate of drug-likeness (QED) is 0.897. The normalized spacial score (nSPS) is 14.3. The number of anilines is 2. The van der Waals surface area contributed by atoms with Gasteiger partial charge in [-0.15, -0.1) is 0 Å². The van der Waals surface area contributed by atoms with Crippen LogP contribution in [0.3, 0.4) is 0 Å². The molecule has 0 aliphatic carbocycles. The molecule has 0 atom stereocenters. The highest BCUT2D eigenvalue weighted by Crippen LogP contribution is 2.30. The number of rotatable bonds is 3. The van der Waals surface area contributed by atoms with E-state index < -0.39 is 0 Å². The van der Waals surface area contributed by atoms with Gasteiger partial charge in [-0.05, 0) is 37.3 Å². The smallest absolute Gasteiger partial charge is 0.255 e. The monoisotopic (exact) mass is 371 g/mol. The highest BCUT2D eigenvalue weighted by Gasteiger charge is 2.20. The maximum atomic E-state index is 12.4. The second-order valence-corrected chi connectivity index (χ2v) is 6.89. The Morgan fingerprint density at radius 1 is 1.04 bits per heavy atom. The van der Waals surface area contributed by atoms with Gasteiger partial charge in [0.1, 0.15) is 0 Å². The summed E-state index contributed by atoms with van der Waals surface area (Å²) in [6.45, 7) is 6.42. The Kier molecular flexibility index (Phi) is 5.47. The number of halogens is 1. The summed E-state index contributed by atoms with van der Waals surface area (Å²) in [4.78, 5) is 27.8. The second kappa shape index (κ2) is 7.79. The first-order chi connectivity index (χ1) is 12.4. The number of nitrogens with zero attached hydrogens (tertiary/aromatic N) is 2. The Morgan fingerprint density at radius 3 is 2.38 bits per heavy atom. The SMILES string of the molecule is CC(=O)N1CCN(c2ccc(NC(=O)c3cccc(C)c3)cc2Cl)CC1. The van der Waals surface area contributed by atoms with Crippen LogP contribution in [0.5, 0.6) is 0 Å². The Balaban J connectivity index is 1.68. The summed E-state index contributed by atoms with van der Waals surface area (Å²) in [6, 6.07) is 13.0. The maximum Gasteiger partial charge on any atom is 0.255 e. The highest BCUT2D eigenvalue weighted by molar-refractivity contribution is 6.33. The molecule has 2 amide bonds. The molecule has 1 heterocycles. The molecule has 3 rings (SSSR count). The van der Waals surface area contributed by atoms with Gasteiger partial charge in [-0.3, -0.25) is 9.59 Å². The third kappa shape index (κ3) is 4.17. The summed E-state index contributed by atoms with van der Waals surface area (Å²) >= 11 is 6.44. The summed E-state index contributed by atoms with van der Waals surface area (Å²) < 4.78 is 0. The number of carbonyl (C=O) groups is 2. The number of amides is 2. The zero-order valence-electron chi connectivity index (χ0n) is 15.0. The van der Waals surface area contributed by atoms with Crippen LogP contribution in [0.1, 0.15) is 22.8 Å². The molecule has 2 aromatic rings. The minimum Gasteiger partial charge on any atom is -0.367 e. The van der Waals surface area contributed by atoms with Gasteiger partial charge in [0.25, 0.3) is 5.91 Å². The fraction of sp³-hybridized carbons (Fsp3) is 0.300. The zero-order chi connectivity index (χ0) is 18.7. The zero-order valence-corrected chi connectivity index (χ0v) is 15.7. The highest BCUT2D eigenvalue weighted by atomic mass is 35.5. The number of nitrogens with one attached hydrogen (secondary N) is 1. The van der Waals surface area contributed by atoms with E-state index in [1.165, 1.54) is 0 Å². The molecule has 0 radical (unpaired) electrons. The van der Waals surface area contributed by atoms with Crippen molar-refractivity contribution in [2.24, 2.45) is 0 Å². The van der Waals surface area contributed by atoms with Crippen molar-refractivity contribution in [3.05, 3.63) is 58.6 Å². The summed E-state index contributed by atoms with van der Waals surface area (Å²) in [5.41, 5.74) is 3.23. The summed E-state index contributed by atoms with van der Waals surface area (Å²) in [7, 11) is 0. The minimum atomic E-state index is -0.160. The molecule has 2 aromatic carbocycles. The molecule has 1 fully saturated rings. The lowest BCUT2D eigenvalue weighted by molar-refractivity contribution is -0.129. The first-order valence-corrected chi connectivity index (χ1v) is 9.00. The van der Waals surface area contributed by atoms with E-state index in [0.29, 0.717) is 29.4 Å². The van der Waals surface area contributed by atoms with Gasteiger partial charge in [-0.1, -0.05) is 29.3 Å². The Hall–Kier alpha value is -2.53. The molecule has 0 bridgehead atoms. The van der Waals surface area contributed by atoms with E-state index in [1.54, 1.807) is 19.1 Å². The molecule has 0 unspecified atom stereocenters. The van der Waals surface area contributed by atoms with Crippen molar-refractivity contribution < 1.29 is 9.59 Å². The number of hydrogen-bond donors (Lipinski definition) is 1. The van der Waals surface area contributed by atoms with Crippen LogP contribution in [0, 0.1) is 6.92 Å². The van der Waals surface area contributed by atoms with E-state index in [4.69, 9.17) is 11.6 Å². The standard InChI is InChI=1S/C20H22ClN3O2/c1-14-4-3-5-16(12-14)20(26)22-17-6-7-19(18(21)13-17)24-10-8-23(9-11-24)15(2)25/h3-7,12-13H,8-11H2,1-2H3,(H,22,26). The molecule has 0 spiro atoms. The van der Waals surface area contributed by atoms with Crippen molar-refractivity contribution in [1.29, 1.82) is 0 Å². The van der Waals surface area contributed by atoms with Gasteiger partial charge in [0.05, 0.1) is 10.7 Å². The molecule has 1 saturated heterocycles. The number of carbonyl (C=O) groups excluding carboxylic acids is 2. The predicted molar refractivity (Wildman–Crippen MR) is 105 cm³/mol. The molecule has 1 N–H and O–H groups in total. The molecular formula is C20H22ClN3O2. The van der Waals surface area contributed by atoms with Crippen LogP contribution in [0.25, 0.3) is 0 Å². The molecule has 0 aromatic heterocycles. The van der Waals surface area contributed by atoms with Gasteiger partial charge in [0.2, 0.25) is 5.91 Å². The molecule has 1 aliphatic heterocycles. The van der Waals surface area contributed by atoms with Crippen molar-refractivity contribution in [2.45, 2.75) is 13.8 Å². The van der Waals surface area contributed by atoms with Crippen LogP contribution in [0.4, 0.5) is 11.4 Å². The average molecular weight is 372 g/mol. The third-order valence-electron chi connectivity index (χ3n) is 4.55. The largest absolute Gasteiger partial charge is 0.367 e. The number of hydrogen-bond acceptors (Lipinski definition) is 3. The van der Waals surface area contributed by atoms with Gasteiger partial charge in [-0.25, -0.2) is 0 Å². The first kappa shape index (κ1) is 18.3. The van der Waals surface area contributed by atoms with Gasteiger partial charge in [0, 0.05) is 44.4 Å². The molecule has 5 nitrogen and oxygen atoms in total. The Labute approximate surface area is 158 Å². The number of aryl methyl sites for hydroxylation is 1. The first-order valence-electron chi connectivity index (χ1n) is 8.62. The summed E-state index contributed by atoms with van der Waals surface area (Å²) in [5.74, 6) is -0.0578. The van der Waals surface area contributed by atoms with Crippen LogP contribution in [-0.2, 0) is 4.79 Å². The Morgan fingerprint density at radius 2 is 1.77 bits per heavy atom. The van der Waals surface area contributed by atoms with Crippen molar-refractivity contribution in [3.63, 3.8) is 0 Å². The molecule has 1 aliphatic rings. The van der Waals surface area contributed by atoms with Crippen LogP contribution in [0.15, 0.2) is 42.5 Å². The van der Waals surface area contributed by atoms with E-state index >= 15 is 0 Å². The maximum absolute atomic E-state index is 12.4. The van der Waals surface area contributed by atoms with Crippen LogP contribution >= 0.6 is 11.6 Å².